The van der Waals surface area contributed by atoms with Crippen molar-refractivity contribution in [3.63, 3.8) is 0 Å². The molecule has 0 aliphatic carbocycles. The second-order valence-electron chi connectivity index (χ2n) is 18.4. The Labute approximate surface area is 386 Å². The number of hydrogen-bond acceptors (Lipinski definition) is 15. The number of piperazine rings is 2. The molecule has 4 aliphatic rings. The van der Waals surface area contributed by atoms with Gasteiger partial charge in [-0.2, -0.15) is 0 Å². The Bertz CT molecular complexity index is 2360. The zero-order valence-electron chi connectivity index (χ0n) is 38.7. The number of fused-ring (bicyclic) bond motifs is 6. The highest BCUT2D eigenvalue weighted by Crippen LogP contribution is 2.34. The van der Waals surface area contributed by atoms with Gasteiger partial charge in [0.25, 0.3) is 0 Å². The van der Waals surface area contributed by atoms with Crippen molar-refractivity contribution in [1.29, 1.82) is 0 Å². The number of carbonyl (C=O) groups is 1. The Kier molecular flexibility index (Phi) is 14.3. The summed E-state index contributed by atoms with van der Waals surface area (Å²) in [5, 5.41) is 4.46. The summed E-state index contributed by atoms with van der Waals surface area (Å²) in [6.07, 6.45) is 15.6. The van der Waals surface area contributed by atoms with Gasteiger partial charge in [0.15, 0.2) is 17.1 Å². The van der Waals surface area contributed by atoms with Crippen LogP contribution in [-0.2, 0) is 23.7 Å². The monoisotopic (exact) mass is 903 g/mol. The molecule has 0 bridgehead atoms. The molecule has 4 saturated heterocycles. The lowest BCUT2D eigenvalue weighted by molar-refractivity contribution is -0.135. The molecule has 6 aromatic heterocycles. The summed E-state index contributed by atoms with van der Waals surface area (Å²) in [6.45, 7) is 13.7. The highest BCUT2D eigenvalue weighted by molar-refractivity contribution is 6.11. The summed E-state index contributed by atoms with van der Waals surface area (Å²) in [7, 11) is 3.43. The summed E-state index contributed by atoms with van der Waals surface area (Å²) in [4.78, 5) is 55.8. The summed E-state index contributed by atoms with van der Waals surface area (Å²) in [6, 6.07) is 7.93. The number of ketones is 1. The third kappa shape index (κ3) is 9.76. The molecule has 4 aliphatic heterocycles. The van der Waals surface area contributed by atoms with Gasteiger partial charge in [0, 0.05) is 150 Å². The molecule has 10 heterocycles. The first kappa shape index (κ1) is 45.0. The van der Waals surface area contributed by atoms with Crippen LogP contribution in [0.5, 0.6) is 0 Å². The molecule has 4 atom stereocenters. The number of H-pyrrole nitrogens is 2. The van der Waals surface area contributed by atoms with Gasteiger partial charge in [-0.15, -0.1) is 0 Å². The number of likely N-dealkylation sites (tertiary alicyclic amines) is 2. The van der Waals surface area contributed by atoms with E-state index >= 15 is 4.79 Å². The van der Waals surface area contributed by atoms with Crippen LogP contribution in [0, 0.1) is 0 Å². The number of carbonyl (C=O) groups excluding carboxylic acids is 1. The zero-order valence-corrected chi connectivity index (χ0v) is 38.7. The second kappa shape index (κ2) is 21.0. The van der Waals surface area contributed by atoms with Crippen molar-refractivity contribution in [2.24, 2.45) is 0 Å². The van der Waals surface area contributed by atoms with Crippen molar-refractivity contribution >= 4 is 61.0 Å². The van der Waals surface area contributed by atoms with E-state index in [1.54, 1.807) is 14.2 Å². The van der Waals surface area contributed by atoms with E-state index in [0.717, 1.165) is 148 Å². The average molecular weight is 903 g/mol. The van der Waals surface area contributed by atoms with E-state index in [9.17, 15) is 0 Å². The van der Waals surface area contributed by atoms with E-state index in [2.05, 4.69) is 83.6 Å². The van der Waals surface area contributed by atoms with Crippen LogP contribution in [0.2, 0.25) is 0 Å². The van der Waals surface area contributed by atoms with Crippen LogP contribution in [0.25, 0.3) is 43.9 Å². The average Bonchev–Trinajstić information content (AvgIpc) is 4.06. The second-order valence-corrected chi connectivity index (χ2v) is 18.4. The van der Waals surface area contributed by atoms with Crippen LogP contribution >= 0.6 is 0 Å². The molecule has 17 heteroatoms. The number of hydrogen-bond donors (Lipinski definition) is 2. The zero-order chi connectivity index (χ0) is 44.8. The van der Waals surface area contributed by atoms with Gasteiger partial charge in [0.2, 0.25) is 0 Å². The van der Waals surface area contributed by atoms with Gasteiger partial charge in [-0.1, -0.05) is 0 Å². The predicted octanol–water partition coefficient (Wildman–Crippen LogP) is 4.04. The van der Waals surface area contributed by atoms with Gasteiger partial charge in [-0.25, -0.2) is 19.9 Å². The van der Waals surface area contributed by atoms with Crippen molar-refractivity contribution in [3.05, 3.63) is 61.4 Å². The molecule has 4 fully saturated rings. The van der Waals surface area contributed by atoms with E-state index < -0.39 is 0 Å². The summed E-state index contributed by atoms with van der Waals surface area (Å²) < 4.78 is 23.5. The van der Waals surface area contributed by atoms with E-state index in [-0.39, 0.29) is 24.3 Å². The fourth-order valence-electron chi connectivity index (χ4n) is 11.0. The fourth-order valence-corrected chi connectivity index (χ4v) is 11.0. The van der Waals surface area contributed by atoms with Gasteiger partial charge in [-0.3, -0.25) is 24.4 Å². The molecule has 0 saturated carbocycles. The van der Waals surface area contributed by atoms with Crippen LogP contribution in [0.4, 0.5) is 11.4 Å². The maximum Gasteiger partial charge on any atom is 0.169 e. The van der Waals surface area contributed by atoms with Gasteiger partial charge in [0.1, 0.15) is 0 Å². The molecular formula is C49H66N12O5. The van der Waals surface area contributed by atoms with E-state index in [0.29, 0.717) is 45.3 Å². The van der Waals surface area contributed by atoms with Crippen molar-refractivity contribution < 1.29 is 23.7 Å². The number of Topliss-reactive ketones (excluding diaryl/α,β-unsaturated/α-hetero) is 1. The number of piperidine rings is 2. The Balaban J connectivity index is 0.894. The minimum Gasteiger partial charge on any atom is -0.382 e. The van der Waals surface area contributed by atoms with Crippen molar-refractivity contribution in [1.82, 2.24) is 49.5 Å². The third-order valence-electron chi connectivity index (χ3n) is 14.5. The van der Waals surface area contributed by atoms with Crippen molar-refractivity contribution in [3.8, 4) is 0 Å². The Morgan fingerprint density at radius 1 is 0.606 bits per heavy atom. The smallest absolute Gasteiger partial charge is 0.169 e. The first-order chi connectivity index (χ1) is 32.5. The number of aromatic nitrogens is 6. The standard InChI is InChI=1S/C49H66N12O5/c1-63-25-27-65-35-5-3-15-60(31-35)43(33-56-17-21-58(22-18-56)41-9-13-50-39-29-54-48-37(45(39)41)7-11-52-48)47(62)44(61-16-4-6-36(32-61)66-28-26-64-2)34-57-19-23-59(24-20-57)42-10-14-51-40-30-55-49-38(46(40)42)8-12-53-49/h7-14,29-30,35-36,43-44,50-51H,3-6,15-28,31-34H2,1-2H3. The molecule has 0 aromatic carbocycles. The normalized spacial score (nSPS) is 22.0. The molecule has 2 N–H and O–H groups in total. The molecule has 10 rings (SSSR count). The largest absolute Gasteiger partial charge is 0.382 e. The molecule has 0 spiro atoms. The number of rotatable bonds is 18. The first-order valence-electron chi connectivity index (χ1n) is 24.1. The number of methoxy groups -OCH3 is 2. The number of aromatic amines is 2. The van der Waals surface area contributed by atoms with Gasteiger partial charge >= 0.3 is 0 Å². The van der Waals surface area contributed by atoms with Crippen LogP contribution in [0.1, 0.15) is 25.7 Å². The Morgan fingerprint density at radius 2 is 1.06 bits per heavy atom. The highest BCUT2D eigenvalue weighted by atomic mass is 16.5. The fraction of sp³-hybridized carbons (Fsp3) is 0.571. The third-order valence-corrected chi connectivity index (χ3v) is 14.5. The lowest BCUT2D eigenvalue weighted by Crippen LogP contribution is -2.63. The number of ether oxygens (including phenoxy) is 4. The molecule has 17 nitrogen and oxygen atoms in total. The lowest BCUT2D eigenvalue weighted by atomic mass is 9.95. The van der Waals surface area contributed by atoms with Crippen molar-refractivity contribution in [2.75, 3.05) is 142 Å². The first-order valence-corrected chi connectivity index (χ1v) is 24.1. The quantitative estimate of drug-likeness (QED) is 0.119. The van der Waals surface area contributed by atoms with Gasteiger partial charge in [0.05, 0.1) is 74.1 Å². The molecule has 0 amide bonds. The molecule has 352 valence electrons. The minimum absolute atomic E-state index is 0.0640. The SMILES string of the molecule is COCCOC1CCCN(C(CN2CCN(c3cc[nH]c4cnc5nccc5c34)CC2)C(=O)C(CN2CCN(c3cc[nH]c4cnc5nccc5c34)CC2)N2CCCC(OCCOC)C2)C1. The van der Waals surface area contributed by atoms with Crippen LogP contribution in [-0.4, -0.2) is 212 Å². The highest BCUT2D eigenvalue weighted by Gasteiger charge is 2.41. The molecule has 0 radical (unpaired) electrons. The van der Waals surface area contributed by atoms with E-state index in [4.69, 9.17) is 18.9 Å². The Hall–Kier alpha value is -4.85. The molecule has 66 heavy (non-hydrogen) atoms. The topological polar surface area (TPSA) is 157 Å². The lowest BCUT2D eigenvalue weighted by Gasteiger charge is -2.46. The van der Waals surface area contributed by atoms with E-state index in [1.807, 2.05) is 37.2 Å². The number of nitrogens with zero attached hydrogens (tertiary/aromatic N) is 10. The summed E-state index contributed by atoms with van der Waals surface area (Å²) >= 11 is 0. The van der Waals surface area contributed by atoms with Crippen LogP contribution in [0.15, 0.2) is 61.4 Å². The van der Waals surface area contributed by atoms with Gasteiger partial charge < -0.3 is 38.7 Å². The molecule has 4 unspecified atom stereocenters. The predicted molar refractivity (Wildman–Crippen MR) is 258 cm³/mol. The molecular weight excluding hydrogens is 837 g/mol. The van der Waals surface area contributed by atoms with Crippen LogP contribution < -0.4 is 9.80 Å². The van der Waals surface area contributed by atoms with Gasteiger partial charge in [-0.05, 0) is 63.0 Å². The number of pyridine rings is 4. The van der Waals surface area contributed by atoms with E-state index in [1.165, 1.54) is 11.4 Å². The molecule has 6 aromatic rings. The Morgan fingerprint density at radius 3 is 1.50 bits per heavy atom. The van der Waals surface area contributed by atoms with Crippen molar-refractivity contribution in [2.45, 2.75) is 50.0 Å². The maximum atomic E-state index is 15.9. The van der Waals surface area contributed by atoms with Crippen LogP contribution in [0.3, 0.4) is 0 Å². The number of nitrogens with one attached hydrogen (secondary N) is 2. The minimum atomic E-state index is -0.277. The maximum absolute atomic E-state index is 15.9. The summed E-state index contributed by atoms with van der Waals surface area (Å²) in [5.74, 6) is 0.321. The summed E-state index contributed by atoms with van der Waals surface area (Å²) in [5.41, 5.74) is 5.95. The number of anilines is 2.